The predicted molar refractivity (Wildman–Crippen MR) is 64.9 cm³/mol. The van der Waals surface area contributed by atoms with Gasteiger partial charge in [0.1, 0.15) is 0 Å². The van der Waals surface area contributed by atoms with Crippen LogP contribution in [0.5, 0.6) is 0 Å². The van der Waals surface area contributed by atoms with E-state index in [4.69, 9.17) is 0 Å². The van der Waals surface area contributed by atoms with Gasteiger partial charge >= 0.3 is 0 Å². The van der Waals surface area contributed by atoms with Crippen LogP contribution in [0.3, 0.4) is 0 Å². The molecule has 90 valence electrons. The maximum atomic E-state index is 9.37. The molecule has 2 N–H and O–H groups in total. The van der Waals surface area contributed by atoms with E-state index in [-0.39, 0.29) is 0 Å². The largest absolute Gasteiger partial charge is 0.396 e. The number of rotatable bonds is 5. The lowest BCUT2D eigenvalue weighted by Crippen LogP contribution is -2.39. The lowest BCUT2D eigenvalue weighted by atomic mass is 9.95. The number of hydrogen-bond acceptors (Lipinski definition) is 2. The molecule has 0 aromatic rings. The van der Waals surface area contributed by atoms with Crippen LogP contribution in [-0.4, -0.2) is 24.3 Å². The van der Waals surface area contributed by atoms with Gasteiger partial charge in [0.2, 0.25) is 0 Å². The van der Waals surface area contributed by atoms with Gasteiger partial charge in [0.25, 0.3) is 0 Å². The van der Waals surface area contributed by atoms with Gasteiger partial charge in [-0.1, -0.05) is 39.5 Å². The van der Waals surface area contributed by atoms with Gasteiger partial charge in [-0.2, -0.15) is 0 Å². The number of aliphatic hydroxyl groups excluding tert-OH is 1. The van der Waals surface area contributed by atoms with E-state index >= 15 is 0 Å². The molecule has 0 radical (unpaired) electrons. The van der Waals surface area contributed by atoms with Crippen molar-refractivity contribution in [3.05, 3.63) is 0 Å². The topological polar surface area (TPSA) is 32.3 Å². The summed E-state index contributed by atoms with van der Waals surface area (Å²) in [6.45, 7) is 6.00. The lowest BCUT2D eigenvalue weighted by Gasteiger charge is -2.26. The van der Waals surface area contributed by atoms with Crippen molar-refractivity contribution in [1.82, 2.24) is 5.32 Å². The Morgan fingerprint density at radius 1 is 1.27 bits per heavy atom. The molecular formula is C13H27NO. The highest BCUT2D eigenvalue weighted by atomic mass is 16.3. The number of aliphatic hydroxyl groups is 1. The van der Waals surface area contributed by atoms with Gasteiger partial charge in [-0.25, -0.2) is 0 Å². The highest BCUT2D eigenvalue weighted by Crippen LogP contribution is 2.23. The van der Waals surface area contributed by atoms with Gasteiger partial charge in [0.05, 0.1) is 0 Å². The van der Waals surface area contributed by atoms with Crippen LogP contribution in [0.15, 0.2) is 0 Å². The van der Waals surface area contributed by atoms with Crippen molar-refractivity contribution in [3.8, 4) is 0 Å². The van der Waals surface area contributed by atoms with Gasteiger partial charge in [-0.15, -0.1) is 0 Å². The van der Waals surface area contributed by atoms with Crippen molar-refractivity contribution >= 4 is 0 Å². The average Bonchev–Trinajstić information content (AvgIpc) is 2.50. The first-order valence-electron chi connectivity index (χ1n) is 6.62. The van der Waals surface area contributed by atoms with Crippen LogP contribution < -0.4 is 5.32 Å². The average molecular weight is 213 g/mol. The zero-order valence-electron chi connectivity index (χ0n) is 10.3. The van der Waals surface area contributed by atoms with Crippen LogP contribution in [0.25, 0.3) is 0 Å². The molecule has 1 rings (SSSR count). The maximum Gasteiger partial charge on any atom is 0.0474 e. The third-order valence-electron chi connectivity index (χ3n) is 3.82. The minimum Gasteiger partial charge on any atom is -0.396 e. The Hall–Kier alpha value is -0.0800. The predicted octanol–water partition coefficient (Wildman–Crippen LogP) is 2.56. The van der Waals surface area contributed by atoms with Crippen molar-refractivity contribution in [1.29, 1.82) is 0 Å². The van der Waals surface area contributed by atoms with Crippen LogP contribution >= 0.6 is 0 Å². The summed E-state index contributed by atoms with van der Waals surface area (Å²) in [6.07, 6.45) is 7.67. The van der Waals surface area contributed by atoms with E-state index in [1.165, 1.54) is 38.5 Å². The lowest BCUT2D eigenvalue weighted by molar-refractivity contribution is 0.179. The fourth-order valence-electron chi connectivity index (χ4n) is 2.37. The standard InChI is InChI=1S/C13H27NO/c1-3-11(2)9-14-13-8-6-4-5-7-12(13)10-15/h11-15H,3-10H2,1-2H3. The molecule has 2 nitrogen and oxygen atoms in total. The van der Waals surface area contributed by atoms with Gasteiger partial charge in [-0.3, -0.25) is 0 Å². The van der Waals surface area contributed by atoms with Gasteiger partial charge < -0.3 is 10.4 Å². The quantitative estimate of drug-likeness (QED) is 0.688. The normalized spacial score (nSPS) is 29.8. The highest BCUT2D eigenvalue weighted by Gasteiger charge is 2.22. The Bertz CT molecular complexity index is 161. The van der Waals surface area contributed by atoms with E-state index in [0.717, 1.165) is 12.5 Å². The molecule has 15 heavy (non-hydrogen) atoms. The Balaban J connectivity index is 2.34. The minimum atomic E-state index is 0.359. The van der Waals surface area contributed by atoms with Crippen molar-refractivity contribution in [3.63, 3.8) is 0 Å². The van der Waals surface area contributed by atoms with Crippen molar-refractivity contribution < 1.29 is 5.11 Å². The Kier molecular flexibility index (Phi) is 6.26. The molecule has 0 spiro atoms. The van der Waals surface area contributed by atoms with Crippen LogP contribution in [0.2, 0.25) is 0 Å². The minimum absolute atomic E-state index is 0.359. The van der Waals surface area contributed by atoms with E-state index in [2.05, 4.69) is 19.2 Å². The molecule has 0 aliphatic heterocycles. The summed E-state index contributed by atoms with van der Waals surface area (Å²) in [5.74, 6) is 1.25. The second kappa shape index (κ2) is 7.24. The Labute approximate surface area is 94.5 Å². The maximum absolute atomic E-state index is 9.37. The van der Waals surface area contributed by atoms with Gasteiger partial charge in [0, 0.05) is 12.6 Å². The third-order valence-corrected chi connectivity index (χ3v) is 3.82. The molecule has 3 unspecified atom stereocenters. The van der Waals surface area contributed by atoms with Crippen LogP contribution in [0.4, 0.5) is 0 Å². The molecule has 1 fully saturated rings. The van der Waals surface area contributed by atoms with Gasteiger partial charge in [0.15, 0.2) is 0 Å². The first-order chi connectivity index (χ1) is 7.27. The molecule has 1 aliphatic rings. The highest BCUT2D eigenvalue weighted by molar-refractivity contribution is 4.79. The third kappa shape index (κ3) is 4.52. The summed E-state index contributed by atoms with van der Waals surface area (Å²) >= 11 is 0. The fourth-order valence-corrected chi connectivity index (χ4v) is 2.37. The summed E-state index contributed by atoms with van der Waals surface area (Å²) in [7, 11) is 0. The molecule has 0 aromatic heterocycles. The van der Waals surface area contributed by atoms with Gasteiger partial charge in [-0.05, 0) is 31.2 Å². The molecule has 1 saturated carbocycles. The SMILES string of the molecule is CCC(C)CNC1CCCCCC1CO. The Morgan fingerprint density at radius 2 is 2.00 bits per heavy atom. The summed E-state index contributed by atoms with van der Waals surface area (Å²) in [6, 6.07) is 0.562. The van der Waals surface area contributed by atoms with E-state index in [1.807, 2.05) is 0 Å². The first kappa shape index (κ1) is 13.0. The second-order valence-electron chi connectivity index (χ2n) is 5.11. The van der Waals surface area contributed by atoms with Crippen LogP contribution in [0.1, 0.15) is 52.4 Å². The smallest absolute Gasteiger partial charge is 0.0474 e. The molecule has 0 saturated heterocycles. The zero-order chi connectivity index (χ0) is 11.1. The molecule has 2 heteroatoms. The first-order valence-corrected chi connectivity index (χ1v) is 6.62. The van der Waals surface area contributed by atoms with Crippen molar-refractivity contribution in [2.75, 3.05) is 13.2 Å². The molecule has 0 heterocycles. The van der Waals surface area contributed by atoms with Crippen LogP contribution in [-0.2, 0) is 0 Å². The zero-order valence-corrected chi connectivity index (χ0v) is 10.3. The number of nitrogens with one attached hydrogen (secondary N) is 1. The molecule has 3 atom stereocenters. The molecular weight excluding hydrogens is 186 g/mol. The van der Waals surface area contributed by atoms with Crippen molar-refractivity contribution in [2.45, 2.75) is 58.4 Å². The Morgan fingerprint density at radius 3 is 2.67 bits per heavy atom. The van der Waals surface area contributed by atoms with E-state index in [9.17, 15) is 5.11 Å². The summed E-state index contributed by atoms with van der Waals surface area (Å²) in [4.78, 5) is 0. The second-order valence-corrected chi connectivity index (χ2v) is 5.11. The van der Waals surface area contributed by atoms with Crippen molar-refractivity contribution in [2.24, 2.45) is 11.8 Å². The summed E-state index contributed by atoms with van der Waals surface area (Å²) in [5, 5.41) is 13.0. The van der Waals surface area contributed by atoms with Crippen LogP contribution in [0, 0.1) is 11.8 Å². The van der Waals surface area contributed by atoms with E-state index in [1.54, 1.807) is 0 Å². The molecule has 0 aromatic carbocycles. The molecule has 1 aliphatic carbocycles. The van der Waals surface area contributed by atoms with E-state index in [0.29, 0.717) is 18.6 Å². The fraction of sp³-hybridized carbons (Fsp3) is 1.00. The summed E-state index contributed by atoms with van der Waals surface area (Å²) in [5.41, 5.74) is 0. The summed E-state index contributed by atoms with van der Waals surface area (Å²) < 4.78 is 0. The molecule has 0 bridgehead atoms. The molecule has 0 amide bonds. The van der Waals surface area contributed by atoms with E-state index < -0.39 is 0 Å². The monoisotopic (exact) mass is 213 g/mol. The number of hydrogen-bond donors (Lipinski definition) is 2.